The molecule has 1 aromatic heterocycles. The molecule has 1 aliphatic rings. The Hall–Kier alpha value is -2.55. The maximum absolute atomic E-state index is 13.4. The molecule has 0 saturated carbocycles. The smallest absolute Gasteiger partial charge is 0.349 e. The number of rotatable bonds is 7. The summed E-state index contributed by atoms with van der Waals surface area (Å²) in [5, 5.41) is 20.9. The van der Waals surface area contributed by atoms with Crippen LogP contribution in [0, 0.1) is 12.8 Å². The topological polar surface area (TPSA) is 99.6 Å². The summed E-state index contributed by atoms with van der Waals surface area (Å²) in [7, 11) is 0. The SMILES string of the molecule is Cc1cc(SC2=C(O)CC(CCc3ccccc3CO)(C(C)C)OC2=O)c(C(C)(C)C)c2sc(=O)[nH]c12. The summed E-state index contributed by atoms with van der Waals surface area (Å²) in [5.41, 5.74) is 3.41. The van der Waals surface area contributed by atoms with Crippen LogP contribution in [-0.4, -0.2) is 26.8 Å². The van der Waals surface area contributed by atoms with E-state index in [-0.39, 0.29) is 39.9 Å². The monoisotopic (exact) mass is 541 g/mol. The normalized spacial score (nSPS) is 18.6. The number of H-pyrrole nitrogens is 1. The number of aliphatic hydroxyl groups is 2. The number of nitrogens with one attached hydrogen (secondary N) is 1. The maximum Gasteiger partial charge on any atom is 0.349 e. The Morgan fingerprint density at radius 2 is 1.86 bits per heavy atom. The highest BCUT2D eigenvalue weighted by Crippen LogP contribution is 2.47. The number of aromatic amines is 1. The molecule has 0 spiro atoms. The molecule has 0 saturated heterocycles. The highest BCUT2D eigenvalue weighted by Gasteiger charge is 2.44. The molecule has 2 heterocycles. The summed E-state index contributed by atoms with van der Waals surface area (Å²) in [6.07, 6.45) is 1.38. The van der Waals surface area contributed by atoms with Gasteiger partial charge in [0.2, 0.25) is 0 Å². The fourth-order valence-electron chi connectivity index (χ4n) is 5.04. The second-order valence-electron chi connectivity index (χ2n) is 11.1. The molecule has 3 N–H and O–H groups in total. The Kier molecular flexibility index (Phi) is 7.66. The van der Waals surface area contributed by atoms with Crippen molar-refractivity contribution >= 4 is 39.3 Å². The number of hydrogen-bond acceptors (Lipinski definition) is 7. The average molecular weight is 542 g/mol. The highest BCUT2D eigenvalue weighted by atomic mass is 32.2. The van der Waals surface area contributed by atoms with Crippen LogP contribution in [0.5, 0.6) is 0 Å². The van der Waals surface area contributed by atoms with Crippen molar-refractivity contribution in [2.75, 3.05) is 0 Å². The number of aromatic nitrogens is 1. The standard InChI is InChI=1S/C29H35NO5S2/c1-16(2)29(12-11-18-9-7-8-10-19(18)15-31)14-20(32)24(26(33)35-29)36-21-13-17(3)23-25(37-27(34)30-23)22(21)28(4,5)6/h7-10,13,16,31-32H,11-12,14-15H2,1-6H3,(H,30,34). The zero-order chi connectivity index (χ0) is 27.1. The summed E-state index contributed by atoms with van der Waals surface area (Å²) >= 11 is 2.39. The van der Waals surface area contributed by atoms with Gasteiger partial charge in [-0.25, -0.2) is 4.79 Å². The lowest BCUT2D eigenvalue weighted by Crippen LogP contribution is -2.44. The molecule has 8 heteroatoms. The van der Waals surface area contributed by atoms with Crippen molar-refractivity contribution in [1.82, 2.24) is 4.98 Å². The largest absolute Gasteiger partial charge is 0.511 e. The molecular weight excluding hydrogens is 506 g/mol. The van der Waals surface area contributed by atoms with Gasteiger partial charge in [0.1, 0.15) is 16.3 Å². The van der Waals surface area contributed by atoms with Gasteiger partial charge in [-0.2, -0.15) is 0 Å². The summed E-state index contributed by atoms with van der Waals surface area (Å²) < 4.78 is 7.02. The first kappa shape index (κ1) is 27.5. The maximum atomic E-state index is 13.4. The first-order valence-corrected chi connectivity index (χ1v) is 14.2. The van der Waals surface area contributed by atoms with Gasteiger partial charge in [-0.15, -0.1) is 0 Å². The molecule has 0 aliphatic carbocycles. The lowest BCUT2D eigenvalue weighted by Gasteiger charge is -2.40. The minimum absolute atomic E-state index is 0.0210. The van der Waals surface area contributed by atoms with Crippen LogP contribution in [0.1, 0.15) is 69.7 Å². The number of benzene rings is 2. The van der Waals surface area contributed by atoms with E-state index in [0.717, 1.165) is 37.4 Å². The van der Waals surface area contributed by atoms with Crippen LogP contribution in [0.3, 0.4) is 0 Å². The quantitative estimate of drug-likeness (QED) is 0.294. The van der Waals surface area contributed by atoms with Gasteiger partial charge in [0.25, 0.3) is 0 Å². The lowest BCUT2D eigenvalue weighted by atomic mass is 9.79. The van der Waals surface area contributed by atoms with Crippen molar-refractivity contribution in [3.63, 3.8) is 0 Å². The number of carbonyl (C=O) groups excluding carboxylic acids is 1. The Bertz CT molecular complexity index is 1430. The summed E-state index contributed by atoms with van der Waals surface area (Å²) in [4.78, 5) is 29.4. The van der Waals surface area contributed by atoms with E-state index in [0.29, 0.717) is 12.8 Å². The van der Waals surface area contributed by atoms with Crippen molar-refractivity contribution in [1.29, 1.82) is 0 Å². The number of aryl methyl sites for hydroxylation is 2. The third-order valence-electron chi connectivity index (χ3n) is 7.19. The first-order chi connectivity index (χ1) is 17.4. The molecule has 4 rings (SSSR count). The zero-order valence-corrected chi connectivity index (χ0v) is 23.9. The van der Waals surface area contributed by atoms with Gasteiger partial charge in [-0.05, 0) is 59.4 Å². The van der Waals surface area contributed by atoms with Crippen molar-refractivity contribution in [2.45, 2.75) is 83.3 Å². The Morgan fingerprint density at radius 1 is 1.19 bits per heavy atom. The van der Waals surface area contributed by atoms with Crippen LogP contribution in [0.25, 0.3) is 10.2 Å². The molecular formula is C29H35NO5S2. The third-order valence-corrected chi connectivity index (χ3v) is 9.24. The fourth-order valence-corrected chi connectivity index (χ4v) is 7.55. The number of esters is 1. The van der Waals surface area contributed by atoms with Crippen molar-refractivity contribution in [3.8, 4) is 0 Å². The van der Waals surface area contributed by atoms with E-state index in [2.05, 4.69) is 25.8 Å². The van der Waals surface area contributed by atoms with Crippen molar-refractivity contribution < 1.29 is 19.7 Å². The number of aliphatic hydroxyl groups excluding tert-OH is 2. The summed E-state index contributed by atoms with van der Waals surface area (Å²) in [6.45, 7) is 12.1. The lowest BCUT2D eigenvalue weighted by molar-refractivity contribution is -0.164. The van der Waals surface area contributed by atoms with Gasteiger partial charge in [0.05, 0.1) is 16.8 Å². The zero-order valence-electron chi connectivity index (χ0n) is 22.2. The number of cyclic esters (lactones) is 1. The van der Waals surface area contributed by atoms with Crippen molar-refractivity contribution in [2.24, 2.45) is 5.92 Å². The molecule has 1 atom stereocenters. The van der Waals surface area contributed by atoms with Crippen LogP contribution in [0.4, 0.5) is 0 Å². The van der Waals surface area contributed by atoms with E-state index in [1.807, 2.05) is 51.1 Å². The van der Waals surface area contributed by atoms with E-state index < -0.39 is 11.6 Å². The van der Waals surface area contributed by atoms with Gasteiger partial charge in [-0.3, -0.25) is 4.79 Å². The highest BCUT2D eigenvalue weighted by molar-refractivity contribution is 8.04. The molecule has 0 amide bonds. The number of hydrogen-bond donors (Lipinski definition) is 3. The van der Waals surface area contributed by atoms with E-state index in [4.69, 9.17) is 4.74 Å². The van der Waals surface area contributed by atoms with E-state index in [9.17, 15) is 19.8 Å². The molecule has 37 heavy (non-hydrogen) atoms. The number of thioether (sulfide) groups is 1. The predicted molar refractivity (Wildman–Crippen MR) is 150 cm³/mol. The van der Waals surface area contributed by atoms with E-state index >= 15 is 0 Å². The summed E-state index contributed by atoms with van der Waals surface area (Å²) in [6, 6.07) is 9.66. The molecule has 6 nitrogen and oxygen atoms in total. The van der Waals surface area contributed by atoms with Gasteiger partial charge in [0.15, 0.2) is 0 Å². The van der Waals surface area contributed by atoms with Gasteiger partial charge < -0.3 is 19.9 Å². The molecule has 1 unspecified atom stereocenters. The second-order valence-corrected chi connectivity index (χ2v) is 13.2. The third kappa shape index (κ3) is 5.38. The number of fused-ring (bicyclic) bond motifs is 1. The Morgan fingerprint density at radius 3 is 2.46 bits per heavy atom. The second kappa shape index (κ2) is 10.3. The fraction of sp³-hybridized carbons (Fsp3) is 0.448. The molecule has 0 radical (unpaired) electrons. The number of thiazole rings is 1. The molecule has 3 aromatic rings. The van der Waals surface area contributed by atoms with E-state index in [1.165, 1.54) is 23.1 Å². The van der Waals surface area contributed by atoms with Crippen molar-refractivity contribution in [3.05, 3.63) is 72.9 Å². The van der Waals surface area contributed by atoms with Crippen LogP contribution in [0.2, 0.25) is 0 Å². The van der Waals surface area contributed by atoms with E-state index in [1.54, 1.807) is 0 Å². The van der Waals surface area contributed by atoms with Gasteiger partial charge in [-0.1, -0.05) is 82.0 Å². The molecule has 1 aliphatic heterocycles. The van der Waals surface area contributed by atoms with Gasteiger partial charge >= 0.3 is 10.8 Å². The minimum Gasteiger partial charge on any atom is -0.511 e. The number of ether oxygens (including phenoxy) is 1. The number of carbonyl (C=O) groups is 1. The average Bonchev–Trinajstić information content (AvgIpc) is 3.20. The summed E-state index contributed by atoms with van der Waals surface area (Å²) in [5.74, 6) is -0.518. The van der Waals surface area contributed by atoms with Crippen LogP contribution in [0.15, 0.2) is 50.7 Å². The van der Waals surface area contributed by atoms with Gasteiger partial charge in [0, 0.05) is 11.3 Å². The molecule has 198 valence electrons. The van der Waals surface area contributed by atoms with Crippen LogP contribution in [-0.2, 0) is 28.0 Å². The first-order valence-electron chi connectivity index (χ1n) is 12.5. The predicted octanol–water partition coefficient (Wildman–Crippen LogP) is 6.52. The van der Waals surface area contributed by atoms with Crippen LogP contribution >= 0.6 is 23.1 Å². The van der Waals surface area contributed by atoms with Crippen LogP contribution < -0.4 is 4.87 Å². The molecule has 0 fully saturated rings. The minimum atomic E-state index is -0.847. The molecule has 2 aromatic carbocycles. The Labute approximate surface area is 225 Å². The molecule has 0 bridgehead atoms. The Balaban J connectivity index is 1.70.